The highest BCUT2D eigenvalue weighted by Crippen LogP contribution is 2.08. The number of halogens is 1. The molecule has 0 heterocycles. The van der Waals surface area contributed by atoms with Gasteiger partial charge in [-0.05, 0) is 24.1 Å². The molecule has 2 amide bonds. The number of carbonyl (C=O) groups excluding carboxylic acids is 3. The topological polar surface area (TPSA) is 84.5 Å². The van der Waals surface area contributed by atoms with Gasteiger partial charge in [0.25, 0.3) is 0 Å². The van der Waals surface area contributed by atoms with Gasteiger partial charge in [0.15, 0.2) is 0 Å². The summed E-state index contributed by atoms with van der Waals surface area (Å²) in [6.45, 7) is 3.28. The van der Waals surface area contributed by atoms with Crippen LogP contribution in [-0.2, 0) is 25.5 Å². The molecule has 0 spiro atoms. The third kappa shape index (κ3) is 7.32. The van der Waals surface area contributed by atoms with E-state index >= 15 is 0 Å². The zero-order chi connectivity index (χ0) is 18.8. The summed E-state index contributed by atoms with van der Waals surface area (Å²) in [6.07, 6.45) is 2.27. The number of carbonyl (C=O) groups is 3. The van der Waals surface area contributed by atoms with Crippen LogP contribution >= 0.6 is 0 Å². The first-order chi connectivity index (χ1) is 11.9. The van der Waals surface area contributed by atoms with Gasteiger partial charge in [0.2, 0.25) is 11.8 Å². The SMILES string of the molecule is CCCC[C@H](NC(=O)[C@H](Cc1ccc(F)cc1)NC(C)=O)C(=O)OC. The predicted molar refractivity (Wildman–Crippen MR) is 91.2 cm³/mol. The summed E-state index contributed by atoms with van der Waals surface area (Å²) in [4.78, 5) is 35.8. The van der Waals surface area contributed by atoms with Crippen molar-refractivity contribution in [1.82, 2.24) is 10.6 Å². The Hall–Kier alpha value is -2.44. The molecule has 7 heteroatoms. The summed E-state index contributed by atoms with van der Waals surface area (Å²) >= 11 is 0. The molecule has 0 aliphatic carbocycles. The Balaban J connectivity index is 2.84. The van der Waals surface area contributed by atoms with Crippen molar-refractivity contribution in [2.24, 2.45) is 0 Å². The van der Waals surface area contributed by atoms with Crippen molar-refractivity contribution in [1.29, 1.82) is 0 Å². The minimum atomic E-state index is -0.864. The highest BCUT2D eigenvalue weighted by Gasteiger charge is 2.26. The van der Waals surface area contributed by atoms with Crippen molar-refractivity contribution < 1.29 is 23.5 Å². The molecule has 0 saturated heterocycles. The molecule has 0 bridgehead atoms. The summed E-state index contributed by atoms with van der Waals surface area (Å²) in [5.41, 5.74) is 0.693. The van der Waals surface area contributed by atoms with Gasteiger partial charge in [-0.2, -0.15) is 0 Å². The van der Waals surface area contributed by atoms with Crippen LogP contribution < -0.4 is 10.6 Å². The second-order valence-electron chi connectivity index (χ2n) is 5.81. The summed E-state index contributed by atoms with van der Waals surface area (Å²) in [5, 5.41) is 5.20. The lowest BCUT2D eigenvalue weighted by Crippen LogP contribution is -2.52. The van der Waals surface area contributed by atoms with Crippen LogP contribution in [0.1, 0.15) is 38.7 Å². The fourth-order valence-corrected chi connectivity index (χ4v) is 2.38. The number of hydrogen-bond donors (Lipinski definition) is 2. The van der Waals surface area contributed by atoms with E-state index in [0.717, 1.165) is 12.8 Å². The number of esters is 1. The fraction of sp³-hybridized carbons (Fsp3) is 0.500. The zero-order valence-corrected chi connectivity index (χ0v) is 14.8. The number of amides is 2. The Labute approximate surface area is 147 Å². The van der Waals surface area contributed by atoms with Crippen LogP contribution in [0.3, 0.4) is 0 Å². The van der Waals surface area contributed by atoms with Crippen molar-refractivity contribution in [3.8, 4) is 0 Å². The number of benzene rings is 1. The summed E-state index contributed by atoms with van der Waals surface area (Å²) in [7, 11) is 1.26. The van der Waals surface area contributed by atoms with E-state index in [1.807, 2.05) is 6.92 Å². The van der Waals surface area contributed by atoms with E-state index in [1.165, 1.54) is 26.2 Å². The monoisotopic (exact) mass is 352 g/mol. The van der Waals surface area contributed by atoms with Crippen molar-refractivity contribution >= 4 is 17.8 Å². The normalized spacial score (nSPS) is 12.8. The Morgan fingerprint density at radius 2 is 1.76 bits per heavy atom. The van der Waals surface area contributed by atoms with E-state index in [1.54, 1.807) is 12.1 Å². The molecule has 0 aliphatic rings. The average Bonchev–Trinajstić information content (AvgIpc) is 2.58. The smallest absolute Gasteiger partial charge is 0.328 e. The average molecular weight is 352 g/mol. The third-order valence-electron chi connectivity index (χ3n) is 3.70. The first kappa shape index (κ1) is 20.6. The Morgan fingerprint density at radius 3 is 2.28 bits per heavy atom. The molecule has 0 aromatic heterocycles. The molecule has 1 aromatic rings. The van der Waals surface area contributed by atoms with Crippen LogP contribution in [0, 0.1) is 5.82 Å². The number of methoxy groups -OCH3 is 1. The van der Waals surface area contributed by atoms with Crippen molar-refractivity contribution in [2.75, 3.05) is 7.11 Å². The van der Waals surface area contributed by atoms with Crippen molar-refractivity contribution in [2.45, 2.75) is 51.6 Å². The van der Waals surface area contributed by atoms with Crippen LogP contribution in [0.2, 0.25) is 0 Å². The number of rotatable bonds is 9. The second-order valence-corrected chi connectivity index (χ2v) is 5.81. The van der Waals surface area contributed by atoms with Crippen LogP contribution in [0.15, 0.2) is 24.3 Å². The molecule has 1 aromatic carbocycles. The van der Waals surface area contributed by atoms with Gasteiger partial charge in [-0.25, -0.2) is 9.18 Å². The number of nitrogens with one attached hydrogen (secondary N) is 2. The van der Waals surface area contributed by atoms with Crippen LogP contribution in [0.5, 0.6) is 0 Å². The molecule has 0 aliphatic heterocycles. The molecule has 0 radical (unpaired) electrons. The maximum atomic E-state index is 13.0. The predicted octanol–water partition coefficient (Wildman–Crippen LogP) is 1.72. The van der Waals surface area contributed by atoms with Gasteiger partial charge in [0.1, 0.15) is 17.9 Å². The third-order valence-corrected chi connectivity index (χ3v) is 3.70. The van der Waals surface area contributed by atoms with E-state index in [-0.39, 0.29) is 18.1 Å². The fourth-order valence-electron chi connectivity index (χ4n) is 2.38. The largest absolute Gasteiger partial charge is 0.467 e. The van der Waals surface area contributed by atoms with E-state index in [2.05, 4.69) is 10.6 Å². The Kier molecular flexibility index (Phi) is 8.60. The molecule has 1 rings (SSSR count). The maximum absolute atomic E-state index is 13.0. The molecule has 0 fully saturated rings. The van der Waals surface area contributed by atoms with Crippen molar-refractivity contribution in [3.63, 3.8) is 0 Å². The minimum Gasteiger partial charge on any atom is -0.467 e. The van der Waals surface area contributed by atoms with Gasteiger partial charge in [-0.1, -0.05) is 31.9 Å². The summed E-state index contributed by atoms with van der Waals surface area (Å²) < 4.78 is 17.7. The lowest BCUT2D eigenvalue weighted by atomic mass is 10.0. The molecule has 2 atom stereocenters. The van der Waals surface area contributed by atoms with Crippen LogP contribution in [0.25, 0.3) is 0 Å². The summed E-state index contributed by atoms with van der Waals surface area (Å²) in [6, 6.07) is 4.05. The van der Waals surface area contributed by atoms with E-state index in [0.29, 0.717) is 12.0 Å². The van der Waals surface area contributed by atoms with E-state index < -0.39 is 24.0 Å². The van der Waals surface area contributed by atoms with Gasteiger partial charge in [-0.3, -0.25) is 9.59 Å². The molecule has 25 heavy (non-hydrogen) atoms. The Bertz CT molecular complexity index is 589. The van der Waals surface area contributed by atoms with Crippen LogP contribution in [-0.4, -0.2) is 37.0 Å². The minimum absolute atomic E-state index is 0.188. The second kappa shape index (κ2) is 10.4. The maximum Gasteiger partial charge on any atom is 0.328 e. The first-order valence-corrected chi connectivity index (χ1v) is 8.27. The zero-order valence-electron chi connectivity index (χ0n) is 14.8. The molecule has 0 unspecified atom stereocenters. The van der Waals surface area contributed by atoms with E-state index in [4.69, 9.17) is 4.74 Å². The summed E-state index contributed by atoms with van der Waals surface area (Å²) in [5.74, 6) is -1.75. The van der Waals surface area contributed by atoms with Gasteiger partial charge in [-0.15, -0.1) is 0 Å². The Morgan fingerprint density at radius 1 is 1.12 bits per heavy atom. The molecular weight excluding hydrogens is 327 g/mol. The van der Waals surface area contributed by atoms with Gasteiger partial charge < -0.3 is 15.4 Å². The quantitative estimate of drug-likeness (QED) is 0.663. The highest BCUT2D eigenvalue weighted by molar-refractivity contribution is 5.90. The molecular formula is C18H25FN2O4. The van der Waals surface area contributed by atoms with E-state index in [9.17, 15) is 18.8 Å². The molecule has 2 N–H and O–H groups in total. The first-order valence-electron chi connectivity index (χ1n) is 8.27. The number of hydrogen-bond acceptors (Lipinski definition) is 4. The molecule has 138 valence electrons. The standard InChI is InChI=1S/C18H25FN2O4/c1-4-5-6-15(18(24)25-3)21-17(23)16(20-12(2)22)11-13-7-9-14(19)10-8-13/h7-10,15-16H,4-6,11H2,1-3H3,(H,20,22)(H,21,23)/t15-,16-/m0/s1. The van der Waals surface area contributed by atoms with Gasteiger partial charge >= 0.3 is 5.97 Å². The lowest BCUT2D eigenvalue weighted by molar-refractivity contribution is -0.145. The van der Waals surface area contributed by atoms with Gasteiger partial charge in [0.05, 0.1) is 7.11 Å². The van der Waals surface area contributed by atoms with Crippen LogP contribution in [0.4, 0.5) is 4.39 Å². The number of unbranched alkanes of at least 4 members (excludes halogenated alkanes) is 1. The molecule has 6 nitrogen and oxygen atoms in total. The number of ether oxygens (including phenoxy) is 1. The van der Waals surface area contributed by atoms with Gasteiger partial charge in [0, 0.05) is 13.3 Å². The van der Waals surface area contributed by atoms with Crippen molar-refractivity contribution in [3.05, 3.63) is 35.6 Å². The molecule has 0 saturated carbocycles. The lowest BCUT2D eigenvalue weighted by Gasteiger charge is -2.22. The highest BCUT2D eigenvalue weighted by atomic mass is 19.1.